The van der Waals surface area contributed by atoms with Gasteiger partial charge < -0.3 is 9.32 Å². The Morgan fingerprint density at radius 2 is 1.76 bits per heavy atom. The summed E-state index contributed by atoms with van der Waals surface area (Å²) in [6.07, 6.45) is 0. The van der Waals surface area contributed by atoms with Crippen LogP contribution in [0.4, 0.5) is 4.39 Å². The van der Waals surface area contributed by atoms with Gasteiger partial charge in [-0.25, -0.2) is 12.8 Å². The molecule has 0 saturated carbocycles. The lowest BCUT2D eigenvalue weighted by molar-refractivity contribution is 0.0666. The minimum absolute atomic E-state index is 0.0866. The molecular weight excluding hydrogens is 394 g/mol. The molecule has 2 aromatic rings. The van der Waals surface area contributed by atoms with Crippen molar-refractivity contribution in [1.82, 2.24) is 9.21 Å². The number of carbonyl (C=O) groups excluding carboxylic acids is 1. The maximum atomic E-state index is 13.2. The first-order valence-corrected chi connectivity index (χ1v) is 9.48. The molecule has 1 amide bonds. The Labute approximate surface area is 153 Å². The van der Waals surface area contributed by atoms with Crippen LogP contribution < -0.4 is 0 Å². The predicted molar refractivity (Wildman–Crippen MR) is 89.8 cm³/mol. The quantitative estimate of drug-likeness (QED) is 0.785. The van der Waals surface area contributed by atoms with E-state index in [0.717, 1.165) is 12.1 Å². The van der Waals surface area contributed by atoms with Crippen molar-refractivity contribution < 1.29 is 22.0 Å². The number of furan rings is 1. The van der Waals surface area contributed by atoms with Crippen molar-refractivity contribution in [2.45, 2.75) is 4.90 Å². The summed E-state index contributed by atoms with van der Waals surface area (Å²) >= 11 is 11.3. The maximum absolute atomic E-state index is 13.2. The molecule has 3 rings (SSSR count). The van der Waals surface area contributed by atoms with Gasteiger partial charge in [-0.15, -0.1) is 0 Å². The van der Waals surface area contributed by atoms with E-state index in [1.807, 2.05) is 0 Å². The third-order valence-electron chi connectivity index (χ3n) is 3.84. The number of hydrogen-bond acceptors (Lipinski definition) is 4. The van der Waals surface area contributed by atoms with Gasteiger partial charge in [0.2, 0.25) is 10.0 Å². The fraction of sp³-hybridized carbons (Fsp3) is 0.267. The first-order chi connectivity index (χ1) is 11.8. The van der Waals surface area contributed by atoms with Gasteiger partial charge in [0.1, 0.15) is 5.82 Å². The molecule has 134 valence electrons. The van der Waals surface area contributed by atoms with E-state index in [2.05, 4.69) is 0 Å². The summed E-state index contributed by atoms with van der Waals surface area (Å²) in [6.45, 7) is 0.617. The summed E-state index contributed by atoms with van der Waals surface area (Å²) in [7, 11) is -3.81. The Morgan fingerprint density at radius 1 is 1.08 bits per heavy atom. The van der Waals surface area contributed by atoms with Crippen LogP contribution in [0.5, 0.6) is 0 Å². The zero-order chi connectivity index (χ0) is 18.2. The Kier molecular flexibility index (Phi) is 5.06. The predicted octanol–water partition coefficient (Wildman–Crippen LogP) is 2.87. The second-order valence-corrected chi connectivity index (χ2v) is 8.09. The van der Waals surface area contributed by atoms with Gasteiger partial charge in [-0.05, 0) is 41.9 Å². The van der Waals surface area contributed by atoms with Crippen molar-refractivity contribution in [3.05, 3.63) is 52.2 Å². The molecule has 1 aromatic carbocycles. The minimum atomic E-state index is -3.81. The summed E-state index contributed by atoms with van der Waals surface area (Å²) in [5, 5.41) is -0.151. The smallest absolute Gasteiger partial charge is 0.289 e. The molecule has 0 bridgehead atoms. The summed E-state index contributed by atoms with van der Waals surface area (Å²) in [5.74, 6) is -0.937. The van der Waals surface area contributed by atoms with Crippen LogP contribution in [0.1, 0.15) is 10.6 Å². The van der Waals surface area contributed by atoms with Crippen LogP contribution in [0.3, 0.4) is 0 Å². The molecule has 0 unspecified atom stereocenters. The lowest BCUT2D eigenvalue weighted by Gasteiger charge is -2.33. The summed E-state index contributed by atoms with van der Waals surface area (Å²) < 4.78 is 44.8. The summed E-state index contributed by atoms with van der Waals surface area (Å²) in [5.41, 5.74) is 0. The molecule has 1 fully saturated rings. The average molecular weight is 407 g/mol. The fourth-order valence-corrected chi connectivity index (χ4v) is 4.34. The SMILES string of the molecule is O=C(c1ccc(Cl)o1)N1CCN(S(=O)(=O)c2ccc(F)c(Cl)c2)CC1. The maximum Gasteiger partial charge on any atom is 0.289 e. The van der Waals surface area contributed by atoms with E-state index in [-0.39, 0.29) is 53.0 Å². The van der Waals surface area contributed by atoms with Gasteiger partial charge in [0.25, 0.3) is 5.91 Å². The van der Waals surface area contributed by atoms with Crippen LogP contribution in [0.2, 0.25) is 10.2 Å². The lowest BCUT2D eigenvalue weighted by atomic mass is 10.3. The van der Waals surface area contributed by atoms with E-state index in [9.17, 15) is 17.6 Å². The van der Waals surface area contributed by atoms with Gasteiger partial charge in [-0.3, -0.25) is 4.79 Å². The topological polar surface area (TPSA) is 70.8 Å². The van der Waals surface area contributed by atoms with Crippen LogP contribution >= 0.6 is 23.2 Å². The normalized spacial score (nSPS) is 16.2. The number of hydrogen-bond donors (Lipinski definition) is 0. The molecule has 0 radical (unpaired) electrons. The highest BCUT2D eigenvalue weighted by molar-refractivity contribution is 7.89. The number of rotatable bonds is 3. The molecular formula is C15H13Cl2FN2O4S. The number of nitrogens with zero attached hydrogens (tertiary/aromatic N) is 2. The highest BCUT2D eigenvalue weighted by Gasteiger charge is 2.31. The Bertz CT molecular complexity index is 908. The number of amides is 1. The van der Waals surface area contributed by atoms with Crippen molar-refractivity contribution in [2.75, 3.05) is 26.2 Å². The standard InChI is InChI=1S/C15H13Cl2FN2O4S/c16-11-9-10(1-2-12(11)18)25(22,23)20-7-5-19(6-8-20)15(21)13-3-4-14(17)24-13/h1-4,9H,5-8H2. The van der Waals surface area contributed by atoms with Crippen LogP contribution in [0.15, 0.2) is 39.6 Å². The molecule has 1 aromatic heterocycles. The van der Waals surface area contributed by atoms with E-state index >= 15 is 0 Å². The molecule has 10 heteroatoms. The molecule has 0 atom stereocenters. The van der Waals surface area contributed by atoms with Crippen molar-refractivity contribution in [3.63, 3.8) is 0 Å². The third kappa shape index (κ3) is 3.67. The summed E-state index contributed by atoms with van der Waals surface area (Å²) in [6, 6.07) is 6.19. The van der Waals surface area contributed by atoms with E-state index in [1.54, 1.807) is 0 Å². The van der Waals surface area contributed by atoms with E-state index in [0.29, 0.717) is 0 Å². The number of piperazine rings is 1. The van der Waals surface area contributed by atoms with E-state index in [1.165, 1.54) is 27.4 Å². The molecule has 0 aliphatic carbocycles. The summed E-state index contributed by atoms with van der Waals surface area (Å²) in [4.78, 5) is 13.7. The van der Waals surface area contributed by atoms with Gasteiger partial charge in [0.15, 0.2) is 11.0 Å². The van der Waals surface area contributed by atoms with Gasteiger partial charge >= 0.3 is 0 Å². The molecule has 1 saturated heterocycles. The van der Waals surface area contributed by atoms with Gasteiger partial charge in [0, 0.05) is 26.2 Å². The van der Waals surface area contributed by atoms with Crippen LogP contribution in [0, 0.1) is 5.82 Å². The molecule has 25 heavy (non-hydrogen) atoms. The number of benzene rings is 1. The molecule has 1 aliphatic rings. The monoisotopic (exact) mass is 406 g/mol. The highest BCUT2D eigenvalue weighted by Crippen LogP contribution is 2.24. The number of carbonyl (C=O) groups is 1. The number of halogens is 3. The van der Waals surface area contributed by atoms with Gasteiger partial charge in [-0.2, -0.15) is 4.31 Å². The Morgan fingerprint density at radius 3 is 2.32 bits per heavy atom. The van der Waals surface area contributed by atoms with Crippen molar-refractivity contribution in [2.24, 2.45) is 0 Å². The molecule has 6 nitrogen and oxygen atoms in total. The third-order valence-corrected chi connectivity index (χ3v) is 6.23. The largest absolute Gasteiger partial charge is 0.440 e. The molecule has 0 N–H and O–H groups in total. The van der Waals surface area contributed by atoms with E-state index < -0.39 is 15.8 Å². The van der Waals surface area contributed by atoms with Gasteiger partial charge in [0.05, 0.1) is 9.92 Å². The lowest BCUT2D eigenvalue weighted by Crippen LogP contribution is -2.50. The second-order valence-electron chi connectivity index (χ2n) is 5.38. The van der Waals surface area contributed by atoms with Crippen molar-refractivity contribution >= 4 is 39.1 Å². The van der Waals surface area contributed by atoms with Crippen LogP contribution in [-0.2, 0) is 10.0 Å². The van der Waals surface area contributed by atoms with Crippen molar-refractivity contribution in [1.29, 1.82) is 0 Å². The highest BCUT2D eigenvalue weighted by atomic mass is 35.5. The molecule has 1 aliphatic heterocycles. The molecule has 2 heterocycles. The molecule has 0 spiro atoms. The Hall–Kier alpha value is -1.61. The first kappa shape index (κ1) is 18.2. The van der Waals surface area contributed by atoms with Crippen molar-refractivity contribution in [3.8, 4) is 0 Å². The van der Waals surface area contributed by atoms with Crippen LogP contribution in [0.25, 0.3) is 0 Å². The van der Waals surface area contributed by atoms with Gasteiger partial charge in [-0.1, -0.05) is 11.6 Å². The number of sulfonamides is 1. The van der Waals surface area contributed by atoms with E-state index in [4.69, 9.17) is 27.6 Å². The zero-order valence-corrected chi connectivity index (χ0v) is 15.1. The average Bonchev–Trinajstić information content (AvgIpc) is 3.03. The first-order valence-electron chi connectivity index (χ1n) is 7.29. The second kappa shape index (κ2) is 6.95. The Balaban J connectivity index is 1.71. The zero-order valence-electron chi connectivity index (χ0n) is 12.8. The fourth-order valence-electron chi connectivity index (χ4n) is 2.50. The van der Waals surface area contributed by atoms with Crippen LogP contribution in [-0.4, -0.2) is 49.7 Å². The minimum Gasteiger partial charge on any atom is -0.440 e.